The maximum absolute atomic E-state index is 14.2. The number of sulfonamides is 1. The van der Waals surface area contributed by atoms with Gasteiger partial charge in [-0.15, -0.1) is 0 Å². The van der Waals surface area contributed by atoms with Crippen molar-refractivity contribution in [1.82, 2.24) is 9.21 Å². The Balaban J connectivity index is 1.57. The quantitative estimate of drug-likeness (QED) is 0.703. The number of benzene rings is 2. The Morgan fingerprint density at radius 1 is 1.10 bits per heavy atom. The molecule has 0 radical (unpaired) electrons. The van der Waals surface area contributed by atoms with Gasteiger partial charge in [0.2, 0.25) is 10.0 Å². The summed E-state index contributed by atoms with van der Waals surface area (Å²) in [6.07, 6.45) is 2.64. The fourth-order valence-electron chi connectivity index (χ4n) is 3.55. The Hall–Kier alpha value is -2.56. The highest BCUT2D eigenvalue weighted by molar-refractivity contribution is 7.88. The van der Waals surface area contributed by atoms with Crippen molar-refractivity contribution in [3.63, 3.8) is 0 Å². The zero-order chi connectivity index (χ0) is 22.6. The number of piperidine rings is 1. The summed E-state index contributed by atoms with van der Waals surface area (Å²) in [5.74, 6) is -0.983. The van der Waals surface area contributed by atoms with Gasteiger partial charge in [-0.1, -0.05) is 6.07 Å². The van der Waals surface area contributed by atoms with Crippen LogP contribution in [0.1, 0.15) is 18.4 Å². The number of carbonyl (C=O) groups excluding carboxylic acids is 1. The predicted molar refractivity (Wildman–Crippen MR) is 116 cm³/mol. The molecule has 0 aliphatic carbocycles. The maximum atomic E-state index is 14.2. The Kier molecular flexibility index (Phi) is 7.24. The summed E-state index contributed by atoms with van der Waals surface area (Å²) in [6, 6.07) is 9.13. The van der Waals surface area contributed by atoms with Gasteiger partial charge in [-0.25, -0.2) is 26.3 Å². The third-order valence-corrected chi connectivity index (χ3v) is 6.73. The molecule has 0 spiro atoms. The number of nitrogens with zero attached hydrogens (tertiary/aromatic N) is 2. The molecule has 3 rings (SSSR count). The van der Waals surface area contributed by atoms with E-state index in [4.69, 9.17) is 0 Å². The molecule has 10 heteroatoms. The van der Waals surface area contributed by atoms with Crippen LogP contribution < -0.4 is 10.6 Å². The third-order valence-electron chi connectivity index (χ3n) is 5.38. The molecule has 1 aliphatic heterocycles. The van der Waals surface area contributed by atoms with E-state index in [0.29, 0.717) is 12.2 Å². The molecular formula is C21H26F2N4O3S. The number of likely N-dealkylation sites (tertiary alicyclic amines) is 1. The molecule has 2 aromatic carbocycles. The molecule has 0 unspecified atom stereocenters. The molecule has 0 bridgehead atoms. The van der Waals surface area contributed by atoms with Crippen molar-refractivity contribution < 1.29 is 22.0 Å². The molecule has 1 aliphatic rings. The van der Waals surface area contributed by atoms with Crippen molar-refractivity contribution in [2.24, 2.45) is 0 Å². The summed E-state index contributed by atoms with van der Waals surface area (Å²) in [4.78, 5) is 14.3. The molecule has 7 nitrogen and oxygen atoms in total. The van der Waals surface area contributed by atoms with Crippen LogP contribution in [0.5, 0.6) is 0 Å². The number of carbonyl (C=O) groups is 1. The fraction of sp³-hybridized carbons (Fsp3) is 0.381. The number of amides is 2. The zero-order valence-corrected chi connectivity index (χ0v) is 18.3. The van der Waals surface area contributed by atoms with E-state index in [9.17, 15) is 22.0 Å². The lowest BCUT2D eigenvalue weighted by atomic mass is 10.0. The second-order valence-corrected chi connectivity index (χ2v) is 9.73. The average Bonchev–Trinajstić information content (AvgIpc) is 2.71. The van der Waals surface area contributed by atoms with E-state index in [1.54, 1.807) is 19.2 Å². The molecule has 1 fully saturated rings. The molecule has 1 heterocycles. The van der Waals surface area contributed by atoms with Crippen LogP contribution in [0.4, 0.5) is 25.0 Å². The van der Waals surface area contributed by atoms with Crippen molar-refractivity contribution in [2.75, 3.05) is 37.0 Å². The molecule has 2 amide bonds. The maximum Gasteiger partial charge on any atom is 0.323 e. The van der Waals surface area contributed by atoms with Crippen LogP contribution in [0, 0.1) is 11.6 Å². The van der Waals surface area contributed by atoms with Crippen molar-refractivity contribution in [2.45, 2.75) is 25.4 Å². The van der Waals surface area contributed by atoms with Gasteiger partial charge in [0.1, 0.15) is 11.6 Å². The van der Waals surface area contributed by atoms with Crippen LogP contribution in [0.25, 0.3) is 0 Å². The van der Waals surface area contributed by atoms with Crippen molar-refractivity contribution >= 4 is 27.4 Å². The van der Waals surface area contributed by atoms with E-state index in [1.165, 1.54) is 40.9 Å². The second kappa shape index (κ2) is 9.71. The second-order valence-electron chi connectivity index (χ2n) is 7.69. The van der Waals surface area contributed by atoms with Gasteiger partial charge < -0.3 is 10.6 Å². The van der Waals surface area contributed by atoms with Gasteiger partial charge in [-0.05, 0) is 54.8 Å². The first kappa shape index (κ1) is 23.1. The lowest BCUT2D eigenvalue weighted by molar-refractivity contribution is 0.164. The molecule has 31 heavy (non-hydrogen) atoms. The Bertz CT molecular complexity index is 1020. The number of nitrogens with one attached hydrogen (secondary N) is 2. The Morgan fingerprint density at radius 3 is 2.35 bits per heavy atom. The van der Waals surface area contributed by atoms with E-state index in [1.807, 2.05) is 0 Å². The minimum Gasteiger partial charge on any atom is -0.308 e. The van der Waals surface area contributed by atoms with Gasteiger partial charge in [0, 0.05) is 38.4 Å². The van der Waals surface area contributed by atoms with Gasteiger partial charge in [0.15, 0.2) is 0 Å². The lowest BCUT2D eigenvalue weighted by Crippen LogP contribution is -2.44. The Morgan fingerprint density at radius 2 is 1.74 bits per heavy atom. The molecule has 2 aromatic rings. The van der Waals surface area contributed by atoms with Crippen LogP contribution in [0.3, 0.4) is 0 Å². The summed E-state index contributed by atoms with van der Waals surface area (Å²) in [7, 11) is -1.62. The first-order chi connectivity index (χ1) is 14.6. The van der Waals surface area contributed by atoms with Crippen LogP contribution >= 0.6 is 0 Å². The van der Waals surface area contributed by atoms with Gasteiger partial charge in [0.25, 0.3) is 0 Å². The molecule has 168 valence electrons. The highest BCUT2D eigenvalue weighted by atomic mass is 32.2. The standard InChI is InChI=1S/C21H26F2N4O3S/c1-26(31(2,29)30)18-9-11-27(12-10-18)14-15-3-8-19(23)20(13-15)25-21(28)24-17-6-4-16(22)5-7-17/h3-8,13,18H,9-12,14H2,1-2H3,(H2,24,25,28). The van der Waals surface area contributed by atoms with Crippen molar-refractivity contribution in [3.05, 3.63) is 59.7 Å². The van der Waals surface area contributed by atoms with E-state index < -0.39 is 27.7 Å². The van der Waals surface area contributed by atoms with Crippen LogP contribution in [0.2, 0.25) is 0 Å². The molecule has 2 N–H and O–H groups in total. The Labute approximate surface area is 181 Å². The largest absolute Gasteiger partial charge is 0.323 e. The number of anilines is 2. The molecule has 0 saturated carbocycles. The smallest absolute Gasteiger partial charge is 0.308 e. The predicted octanol–water partition coefficient (Wildman–Crippen LogP) is 3.46. The van der Waals surface area contributed by atoms with E-state index >= 15 is 0 Å². The van der Waals surface area contributed by atoms with Gasteiger partial charge in [-0.3, -0.25) is 4.90 Å². The van der Waals surface area contributed by atoms with Gasteiger partial charge in [-0.2, -0.15) is 0 Å². The van der Waals surface area contributed by atoms with Crippen molar-refractivity contribution in [3.8, 4) is 0 Å². The monoisotopic (exact) mass is 452 g/mol. The SMILES string of the molecule is CN(C1CCN(Cc2ccc(F)c(NC(=O)Nc3ccc(F)cc3)c2)CC1)S(C)(=O)=O. The van der Waals surface area contributed by atoms with Gasteiger partial charge >= 0.3 is 6.03 Å². The van der Waals surface area contributed by atoms with Crippen LogP contribution in [-0.2, 0) is 16.6 Å². The summed E-state index contributed by atoms with van der Waals surface area (Å²) in [5.41, 5.74) is 1.26. The van der Waals surface area contributed by atoms with E-state index in [0.717, 1.165) is 31.5 Å². The highest BCUT2D eigenvalue weighted by Crippen LogP contribution is 2.22. The lowest BCUT2D eigenvalue weighted by Gasteiger charge is -2.35. The van der Waals surface area contributed by atoms with E-state index in [-0.39, 0.29) is 11.7 Å². The minimum absolute atomic E-state index is 0.0214. The van der Waals surface area contributed by atoms with Crippen LogP contribution in [0.15, 0.2) is 42.5 Å². The summed E-state index contributed by atoms with van der Waals surface area (Å²) in [6.45, 7) is 2.00. The third kappa shape index (κ3) is 6.46. The van der Waals surface area contributed by atoms with Crippen molar-refractivity contribution in [1.29, 1.82) is 0 Å². The average molecular weight is 453 g/mol. The molecule has 1 saturated heterocycles. The van der Waals surface area contributed by atoms with Crippen LogP contribution in [-0.4, -0.2) is 56.1 Å². The fourth-order valence-corrected chi connectivity index (χ4v) is 4.31. The number of rotatable bonds is 6. The number of hydrogen-bond acceptors (Lipinski definition) is 4. The van der Waals surface area contributed by atoms with E-state index in [2.05, 4.69) is 15.5 Å². The summed E-state index contributed by atoms with van der Waals surface area (Å²) in [5, 5.41) is 5.00. The van der Waals surface area contributed by atoms with Gasteiger partial charge in [0.05, 0.1) is 11.9 Å². The summed E-state index contributed by atoms with van der Waals surface area (Å²) >= 11 is 0. The number of urea groups is 1. The minimum atomic E-state index is -3.22. The zero-order valence-electron chi connectivity index (χ0n) is 17.4. The first-order valence-corrected chi connectivity index (χ1v) is 11.7. The number of hydrogen-bond donors (Lipinski definition) is 2. The first-order valence-electron chi connectivity index (χ1n) is 9.89. The molecule has 0 atom stereocenters. The molecule has 0 aromatic heterocycles. The highest BCUT2D eigenvalue weighted by Gasteiger charge is 2.27. The normalized spacial score (nSPS) is 15.8. The topological polar surface area (TPSA) is 81.8 Å². The number of halogens is 2. The summed E-state index contributed by atoms with van der Waals surface area (Å²) < 4.78 is 52.0. The molecular weight excluding hydrogens is 426 g/mol.